The van der Waals surface area contributed by atoms with Crippen LogP contribution in [0.15, 0.2) is 108 Å². The molecule has 0 aliphatic heterocycles. The molecule has 0 aromatic heterocycles. The molecule has 0 aliphatic carbocycles. The molecule has 0 saturated heterocycles. The number of aryl methyl sites for hydroxylation is 3. The van der Waals surface area contributed by atoms with Gasteiger partial charge in [-0.3, -0.25) is 0 Å². The smallest absolute Gasteiger partial charge is 0.337 e. The summed E-state index contributed by atoms with van der Waals surface area (Å²) in [5.74, 6) is -3.96. The molecule has 13 heteroatoms. The Labute approximate surface area is 452 Å². The van der Waals surface area contributed by atoms with Gasteiger partial charge in [0, 0.05) is 0 Å². The molecule has 4 rings (SSSR count). The number of aromatic carboxylic acids is 2. The number of hydrogen-bond acceptors (Lipinski definition) is 8. The van der Waals surface area contributed by atoms with Crippen molar-refractivity contribution in [2.45, 2.75) is 262 Å². The molecular formula is C62H90O10S3. The van der Waals surface area contributed by atoms with E-state index in [0.717, 1.165) is 96.3 Å². The summed E-state index contributed by atoms with van der Waals surface area (Å²) >= 11 is 0. The Morgan fingerprint density at radius 1 is 0.333 bits per heavy atom. The minimum atomic E-state index is -5.33. The molecule has 0 spiro atoms. The Bertz CT molecular complexity index is 2710. The van der Waals surface area contributed by atoms with Crippen molar-refractivity contribution >= 4 is 41.5 Å². The summed E-state index contributed by atoms with van der Waals surface area (Å²) in [6.45, 7) is 6.56. The molecule has 2 N–H and O–H groups in total. The quantitative estimate of drug-likeness (QED) is 0.0407. The van der Waals surface area contributed by atoms with E-state index in [1.165, 1.54) is 113 Å². The van der Waals surface area contributed by atoms with E-state index in [1.807, 2.05) is 0 Å². The summed E-state index contributed by atoms with van der Waals surface area (Å²) in [5.41, 5.74) is -1.53. The van der Waals surface area contributed by atoms with Crippen LogP contribution >= 0.6 is 0 Å². The Kier molecular flexibility index (Phi) is 28.4. The highest BCUT2D eigenvalue weighted by molar-refractivity contribution is 7.96. The fourth-order valence-corrected chi connectivity index (χ4v) is 16.9. The van der Waals surface area contributed by atoms with E-state index in [1.54, 1.807) is 36.4 Å². The standard InChI is InChI=1S/C62H90O10S3/c1-4-7-10-13-16-19-22-25-28-31-40-50-43-34-37-46-54(50)73(67,68)57-49-53(61(63)64)58(62(65)66)60(75(71,72)56-48-39-36-45-52(56)42-33-30-27-24-21-18-15-12-9-6-3)59(57)74(69,70)55-47-38-35-44-51(55)41-32-29-26-23-20-17-14-11-8-5-2/h34-39,43-49H,4-33,40-42H2,1-3H3,(H,63,64)(H,65,66). The third kappa shape index (κ3) is 19.3. The number of carbonyl (C=O) groups is 2. The van der Waals surface area contributed by atoms with Gasteiger partial charge in [-0.2, -0.15) is 0 Å². The fraction of sp³-hybridized carbons (Fsp3) is 0.581. The molecule has 416 valence electrons. The minimum absolute atomic E-state index is 0.244. The van der Waals surface area contributed by atoms with E-state index in [2.05, 4.69) is 20.8 Å². The maximum absolute atomic E-state index is 15.8. The lowest BCUT2D eigenvalue weighted by atomic mass is 10.0. The van der Waals surface area contributed by atoms with Gasteiger partial charge in [0.1, 0.15) is 9.79 Å². The molecule has 0 aliphatic rings. The number of carboxylic acids is 2. The lowest BCUT2D eigenvalue weighted by Crippen LogP contribution is -2.24. The second-order valence-corrected chi connectivity index (χ2v) is 26.3. The van der Waals surface area contributed by atoms with E-state index in [4.69, 9.17) is 0 Å². The molecule has 0 heterocycles. The Balaban J connectivity index is 1.87. The Morgan fingerprint density at radius 3 is 0.893 bits per heavy atom. The average molecular weight is 1090 g/mol. The molecule has 0 amide bonds. The summed E-state index contributed by atoms with van der Waals surface area (Å²) in [6.07, 6.45) is 32.2. The van der Waals surface area contributed by atoms with Crippen LogP contribution in [0.4, 0.5) is 0 Å². The third-order valence-electron chi connectivity index (χ3n) is 14.7. The lowest BCUT2D eigenvalue weighted by Gasteiger charge is -2.22. The zero-order valence-corrected chi connectivity index (χ0v) is 48.2. The van der Waals surface area contributed by atoms with Crippen LogP contribution in [-0.2, 0) is 48.8 Å². The molecule has 0 atom stereocenters. The first-order valence-electron chi connectivity index (χ1n) is 28.8. The van der Waals surface area contributed by atoms with Crippen LogP contribution < -0.4 is 0 Å². The fourth-order valence-electron chi connectivity index (χ4n) is 10.4. The SMILES string of the molecule is CCCCCCCCCCCCc1ccccc1S(=O)(=O)c1cc(C(=O)O)c(C(=O)O)c(S(=O)(=O)c2ccccc2CCCCCCCCCCCC)c1S(=O)(=O)c1ccccc1CCCCCCCCCCCC. The Hall–Kier alpha value is -4.33. The first kappa shape index (κ1) is 63.2. The van der Waals surface area contributed by atoms with Gasteiger partial charge >= 0.3 is 11.9 Å². The minimum Gasteiger partial charge on any atom is -0.478 e. The predicted molar refractivity (Wildman–Crippen MR) is 303 cm³/mol. The number of benzene rings is 4. The largest absolute Gasteiger partial charge is 0.478 e. The number of sulfone groups is 3. The highest BCUT2D eigenvalue weighted by atomic mass is 32.2. The van der Waals surface area contributed by atoms with E-state index < -0.39 is 72.2 Å². The van der Waals surface area contributed by atoms with Crippen LogP contribution in [0.1, 0.15) is 251 Å². The van der Waals surface area contributed by atoms with E-state index >= 15 is 25.3 Å². The molecule has 75 heavy (non-hydrogen) atoms. The van der Waals surface area contributed by atoms with Gasteiger partial charge < -0.3 is 10.2 Å². The second-order valence-electron chi connectivity index (χ2n) is 20.7. The monoisotopic (exact) mass is 1090 g/mol. The van der Waals surface area contributed by atoms with Crippen LogP contribution in [0, 0.1) is 0 Å². The topological polar surface area (TPSA) is 177 Å². The summed E-state index contributed by atoms with van der Waals surface area (Å²) in [6, 6.07) is 18.6. The van der Waals surface area contributed by atoms with Gasteiger partial charge in [0.15, 0.2) is 0 Å². The van der Waals surface area contributed by atoms with Crippen molar-refractivity contribution in [2.24, 2.45) is 0 Å². The van der Waals surface area contributed by atoms with Crippen LogP contribution in [0.5, 0.6) is 0 Å². The zero-order chi connectivity index (χ0) is 54.5. The van der Waals surface area contributed by atoms with Gasteiger partial charge in [-0.1, -0.05) is 249 Å². The van der Waals surface area contributed by atoms with Crippen molar-refractivity contribution in [3.05, 3.63) is 107 Å². The number of unbranched alkanes of at least 4 members (excludes halogenated alkanes) is 27. The first-order valence-corrected chi connectivity index (χ1v) is 33.3. The van der Waals surface area contributed by atoms with Gasteiger partial charge in [-0.05, 0) is 79.5 Å². The normalized spacial score (nSPS) is 12.1. The molecule has 10 nitrogen and oxygen atoms in total. The highest BCUT2D eigenvalue weighted by Gasteiger charge is 2.44. The average Bonchev–Trinajstić information content (AvgIpc) is 3.41. The van der Waals surface area contributed by atoms with Gasteiger partial charge in [0.25, 0.3) is 0 Å². The number of hydrogen-bond donors (Lipinski definition) is 2. The third-order valence-corrected chi connectivity index (χ3v) is 20.7. The van der Waals surface area contributed by atoms with E-state index in [-0.39, 0.29) is 28.2 Å². The van der Waals surface area contributed by atoms with Crippen molar-refractivity contribution < 1.29 is 45.1 Å². The van der Waals surface area contributed by atoms with Crippen LogP contribution in [0.2, 0.25) is 0 Å². The summed E-state index contributed by atoms with van der Waals surface area (Å²) in [5, 5.41) is 21.7. The van der Waals surface area contributed by atoms with Crippen molar-refractivity contribution in [2.75, 3.05) is 0 Å². The molecule has 0 fully saturated rings. The van der Waals surface area contributed by atoms with Crippen molar-refractivity contribution in [1.82, 2.24) is 0 Å². The molecule has 0 saturated carbocycles. The van der Waals surface area contributed by atoms with Crippen LogP contribution in [0.25, 0.3) is 0 Å². The summed E-state index contributed by atoms with van der Waals surface area (Å²) in [7, 11) is -15.7. The van der Waals surface area contributed by atoms with Crippen molar-refractivity contribution in [3.63, 3.8) is 0 Å². The van der Waals surface area contributed by atoms with Crippen LogP contribution in [-0.4, -0.2) is 47.4 Å². The lowest BCUT2D eigenvalue weighted by molar-refractivity contribution is 0.0647. The number of carboxylic acid groups (broad SMARTS) is 2. The molecular weight excluding hydrogens is 1000 g/mol. The summed E-state index contributed by atoms with van der Waals surface area (Å²) in [4.78, 5) is 22.0. The number of rotatable bonds is 41. The molecule has 4 aromatic rings. The maximum Gasteiger partial charge on any atom is 0.337 e. The van der Waals surface area contributed by atoms with Crippen LogP contribution in [0.3, 0.4) is 0 Å². The Morgan fingerprint density at radius 2 is 0.600 bits per heavy atom. The summed E-state index contributed by atoms with van der Waals surface area (Å²) < 4.78 is 94.1. The van der Waals surface area contributed by atoms with E-state index in [0.29, 0.717) is 42.9 Å². The molecule has 0 unspecified atom stereocenters. The molecule has 0 bridgehead atoms. The maximum atomic E-state index is 15.8. The van der Waals surface area contributed by atoms with Crippen molar-refractivity contribution in [1.29, 1.82) is 0 Å². The van der Waals surface area contributed by atoms with Gasteiger partial charge in [0.2, 0.25) is 29.5 Å². The van der Waals surface area contributed by atoms with Gasteiger partial charge in [-0.25, -0.2) is 34.8 Å². The highest BCUT2D eigenvalue weighted by Crippen LogP contribution is 2.44. The zero-order valence-electron chi connectivity index (χ0n) is 45.7. The van der Waals surface area contributed by atoms with Gasteiger partial charge in [-0.15, -0.1) is 0 Å². The predicted octanol–water partition coefficient (Wildman–Crippen LogP) is 17.0. The molecule has 4 aromatic carbocycles. The second kappa shape index (κ2) is 33.7. The first-order chi connectivity index (χ1) is 36.2. The van der Waals surface area contributed by atoms with Crippen molar-refractivity contribution in [3.8, 4) is 0 Å². The molecule has 0 radical (unpaired) electrons. The van der Waals surface area contributed by atoms with E-state index in [9.17, 15) is 19.8 Å². The van der Waals surface area contributed by atoms with Gasteiger partial charge in [0.05, 0.1) is 30.7 Å².